The molecule has 1 aromatic rings. The van der Waals surface area contributed by atoms with Gasteiger partial charge < -0.3 is 5.43 Å². The van der Waals surface area contributed by atoms with E-state index in [1.807, 2.05) is 26.0 Å². The Morgan fingerprint density at radius 3 is 1.91 bits per heavy atom. The normalized spacial score (nSPS) is 8.64. The first-order chi connectivity index (χ1) is 4.72. The molecule has 0 saturated heterocycles. The smallest absolute Gasteiger partial charge is 0.0490 e. The summed E-state index contributed by atoms with van der Waals surface area (Å²) < 4.78 is 0. The van der Waals surface area contributed by atoms with Gasteiger partial charge in [0, 0.05) is 5.69 Å². The summed E-state index contributed by atoms with van der Waals surface area (Å²) in [5.41, 5.74) is 6.04. The molecule has 0 saturated carbocycles. The van der Waals surface area contributed by atoms with E-state index < -0.39 is 0 Å². The zero-order valence-electron chi connectivity index (χ0n) is 6.72. The predicted molar refractivity (Wildman–Crippen MR) is 51.0 cm³/mol. The van der Waals surface area contributed by atoms with Gasteiger partial charge in [0.15, 0.2) is 0 Å². The maximum Gasteiger partial charge on any atom is 0.0490 e. The first kappa shape index (κ1) is 10.3. The molecule has 0 radical (unpaired) electrons. The quantitative estimate of drug-likeness (QED) is 0.503. The number of hydrogen-bond donors (Lipinski definition) is 2. The van der Waals surface area contributed by atoms with E-state index in [2.05, 4.69) is 11.5 Å². The summed E-state index contributed by atoms with van der Waals surface area (Å²) in [5, 5.41) is 0. The number of nitrogen functional groups attached to an aromatic ring is 1. The molecule has 0 fully saturated rings. The van der Waals surface area contributed by atoms with Crippen molar-refractivity contribution < 1.29 is 0 Å². The molecule has 11 heavy (non-hydrogen) atoms. The Kier molecular flexibility index (Phi) is 3.93. The van der Waals surface area contributed by atoms with Crippen molar-refractivity contribution in [2.45, 2.75) is 13.8 Å². The lowest BCUT2D eigenvalue weighted by Gasteiger charge is -2.02. The van der Waals surface area contributed by atoms with Crippen LogP contribution in [0.4, 0.5) is 5.69 Å². The lowest BCUT2D eigenvalue weighted by atomic mass is 10.1. The second-order valence-corrected chi connectivity index (χ2v) is 2.52. The summed E-state index contributed by atoms with van der Waals surface area (Å²) in [4.78, 5) is 0. The van der Waals surface area contributed by atoms with Gasteiger partial charge in [-0.25, -0.2) is 0 Å². The van der Waals surface area contributed by atoms with Crippen LogP contribution >= 0.6 is 12.4 Å². The summed E-state index contributed by atoms with van der Waals surface area (Å²) >= 11 is 0. The summed E-state index contributed by atoms with van der Waals surface area (Å²) in [7, 11) is 0. The number of benzene rings is 1. The third-order valence-electron chi connectivity index (χ3n) is 1.39. The molecule has 0 aliphatic heterocycles. The predicted octanol–water partition coefficient (Wildman–Crippen LogP) is 2.01. The third-order valence-corrected chi connectivity index (χ3v) is 1.39. The maximum absolute atomic E-state index is 5.24. The largest absolute Gasteiger partial charge is 0.324 e. The van der Waals surface area contributed by atoms with Crippen molar-refractivity contribution in [1.82, 2.24) is 0 Å². The Bertz CT molecular complexity index is 215. The first-order valence-corrected chi connectivity index (χ1v) is 3.27. The van der Waals surface area contributed by atoms with Crippen molar-refractivity contribution in [2.24, 2.45) is 5.84 Å². The summed E-state index contributed by atoms with van der Waals surface area (Å²) in [6.45, 7) is 4.10. The summed E-state index contributed by atoms with van der Waals surface area (Å²) in [5.74, 6) is 5.24. The number of rotatable bonds is 1. The molecule has 2 nitrogen and oxygen atoms in total. The Balaban J connectivity index is 0.000001000. The van der Waals surface area contributed by atoms with Gasteiger partial charge in [-0.3, -0.25) is 5.84 Å². The molecule has 0 aromatic heterocycles. The molecule has 0 amide bonds. The van der Waals surface area contributed by atoms with Gasteiger partial charge in [-0.15, -0.1) is 12.4 Å². The number of hydrogen-bond acceptors (Lipinski definition) is 2. The second-order valence-electron chi connectivity index (χ2n) is 2.52. The topological polar surface area (TPSA) is 38.0 Å². The van der Waals surface area contributed by atoms with Gasteiger partial charge in [0.2, 0.25) is 0 Å². The first-order valence-electron chi connectivity index (χ1n) is 3.27. The van der Waals surface area contributed by atoms with Crippen LogP contribution in [0, 0.1) is 13.8 Å². The number of aryl methyl sites for hydroxylation is 2. The Morgan fingerprint density at radius 2 is 1.55 bits per heavy atom. The molecule has 0 spiro atoms. The van der Waals surface area contributed by atoms with E-state index >= 15 is 0 Å². The molecule has 3 heteroatoms. The highest BCUT2D eigenvalue weighted by atomic mass is 35.5. The van der Waals surface area contributed by atoms with Crippen LogP contribution < -0.4 is 11.3 Å². The average molecular weight is 173 g/mol. The molecule has 0 bridgehead atoms. The minimum absolute atomic E-state index is 0. The van der Waals surface area contributed by atoms with Crippen molar-refractivity contribution in [3.63, 3.8) is 0 Å². The fourth-order valence-electron chi connectivity index (χ4n) is 1.06. The van der Waals surface area contributed by atoms with E-state index in [1.165, 1.54) is 11.1 Å². The summed E-state index contributed by atoms with van der Waals surface area (Å²) in [6, 6.07) is 6.13. The number of nitrogens with two attached hydrogens (primary N) is 1. The van der Waals surface area contributed by atoms with Crippen molar-refractivity contribution in [1.29, 1.82) is 0 Å². The highest BCUT2D eigenvalue weighted by Crippen LogP contribution is 2.11. The molecule has 0 heterocycles. The molecule has 62 valence electrons. The number of anilines is 1. The van der Waals surface area contributed by atoms with E-state index in [1.54, 1.807) is 0 Å². The fourth-order valence-corrected chi connectivity index (χ4v) is 1.06. The number of halogens is 1. The standard InChI is InChI=1S/C8H12N2.ClH/c1-6-3-7(2)5-8(4-6)10-9;/h3-5,10H,9H2,1-2H3;1H. The Morgan fingerprint density at radius 1 is 1.09 bits per heavy atom. The zero-order valence-corrected chi connectivity index (χ0v) is 7.53. The lowest BCUT2D eigenvalue weighted by molar-refractivity contribution is 1.30. The summed E-state index contributed by atoms with van der Waals surface area (Å²) in [6.07, 6.45) is 0. The van der Waals surface area contributed by atoms with Gasteiger partial charge in [0.1, 0.15) is 0 Å². The van der Waals surface area contributed by atoms with Gasteiger partial charge in [0.05, 0.1) is 0 Å². The van der Waals surface area contributed by atoms with Gasteiger partial charge in [-0.05, 0) is 37.1 Å². The van der Waals surface area contributed by atoms with Crippen LogP contribution in [0.25, 0.3) is 0 Å². The van der Waals surface area contributed by atoms with Crippen molar-refractivity contribution in [3.05, 3.63) is 29.3 Å². The van der Waals surface area contributed by atoms with Crippen LogP contribution in [0.1, 0.15) is 11.1 Å². The Hall–Kier alpha value is -0.730. The van der Waals surface area contributed by atoms with Gasteiger partial charge in [0.25, 0.3) is 0 Å². The van der Waals surface area contributed by atoms with Crippen molar-refractivity contribution in [3.8, 4) is 0 Å². The van der Waals surface area contributed by atoms with E-state index in [0.29, 0.717) is 0 Å². The number of hydrazine groups is 1. The third kappa shape index (κ3) is 2.78. The number of nitrogens with one attached hydrogen (secondary N) is 1. The van der Waals surface area contributed by atoms with E-state index in [0.717, 1.165) is 5.69 Å². The van der Waals surface area contributed by atoms with Crippen LogP contribution in [-0.4, -0.2) is 0 Å². The lowest BCUT2D eigenvalue weighted by Crippen LogP contribution is -2.06. The highest BCUT2D eigenvalue weighted by molar-refractivity contribution is 5.85. The molecular weight excluding hydrogens is 160 g/mol. The molecule has 0 unspecified atom stereocenters. The van der Waals surface area contributed by atoms with Crippen molar-refractivity contribution in [2.75, 3.05) is 5.43 Å². The van der Waals surface area contributed by atoms with E-state index in [9.17, 15) is 0 Å². The molecule has 1 rings (SSSR count). The molecule has 0 atom stereocenters. The van der Waals surface area contributed by atoms with Gasteiger partial charge >= 0.3 is 0 Å². The van der Waals surface area contributed by atoms with E-state index in [-0.39, 0.29) is 12.4 Å². The van der Waals surface area contributed by atoms with Crippen LogP contribution in [0.3, 0.4) is 0 Å². The van der Waals surface area contributed by atoms with E-state index in [4.69, 9.17) is 5.84 Å². The maximum atomic E-state index is 5.24. The fraction of sp³-hybridized carbons (Fsp3) is 0.250. The van der Waals surface area contributed by atoms with Crippen molar-refractivity contribution >= 4 is 18.1 Å². The monoisotopic (exact) mass is 172 g/mol. The minimum Gasteiger partial charge on any atom is -0.324 e. The molecule has 3 N–H and O–H groups in total. The van der Waals surface area contributed by atoms with Crippen LogP contribution in [0.15, 0.2) is 18.2 Å². The molecule has 0 aliphatic carbocycles. The van der Waals surface area contributed by atoms with Gasteiger partial charge in [-0.2, -0.15) is 0 Å². The van der Waals surface area contributed by atoms with Crippen LogP contribution in [-0.2, 0) is 0 Å². The average Bonchev–Trinajstić information content (AvgIpc) is 1.85. The zero-order chi connectivity index (χ0) is 7.56. The molecular formula is C8H13ClN2. The Labute approximate surface area is 73.2 Å². The second kappa shape index (κ2) is 4.21. The van der Waals surface area contributed by atoms with Crippen LogP contribution in [0.5, 0.6) is 0 Å². The molecule has 0 aliphatic rings. The highest BCUT2D eigenvalue weighted by Gasteiger charge is 1.90. The van der Waals surface area contributed by atoms with Gasteiger partial charge in [-0.1, -0.05) is 6.07 Å². The van der Waals surface area contributed by atoms with Crippen LogP contribution in [0.2, 0.25) is 0 Å². The SMILES string of the molecule is Cc1cc(C)cc(NN)c1.Cl. The molecule has 1 aromatic carbocycles. The minimum atomic E-state index is 0.